The van der Waals surface area contributed by atoms with E-state index in [4.69, 9.17) is 4.74 Å². The molecular formula is C79H147NO5. The van der Waals surface area contributed by atoms with Crippen molar-refractivity contribution < 1.29 is 24.5 Å². The van der Waals surface area contributed by atoms with E-state index in [1.54, 1.807) is 6.08 Å². The zero-order chi connectivity index (χ0) is 61.3. The van der Waals surface area contributed by atoms with Gasteiger partial charge in [0.05, 0.1) is 25.4 Å². The number of allylic oxidation sites excluding steroid dienone is 9. The van der Waals surface area contributed by atoms with Crippen LogP contribution in [0.1, 0.15) is 406 Å². The van der Waals surface area contributed by atoms with Gasteiger partial charge in [0.25, 0.3) is 0 Å². The van der Waals surface area contributed by atoms with Gasteiger partial charge in [-0.15, -0.1) is 0 Å². The molecule has 0 aliphatic rings. The normalized spacial score (nSPS) is 12.8. The molecule has 0 spiro atoms. The van der Waals surface area contributed by atoms with Crippen LogP contribution in [0.15, 0.2) is 60.8 Å². The van der Waals surface area contributed by atoms with Crippen LogP contribution in [0.4, 0.5) is 0 Å². The van der Waals surface area contributed by atoms with Crippen molar-refractivity contribution in [3.05, 3.63) is 60.8 Å². The second-order valence-electron chi connectivity index (χ2n) is 26.0. The fraction of sp³-hybridized carbons (Fsp3) is 0.848. The highest BCUT2D eigenvalue weighted by Crippen LogP contribution is 2.18. The Kier molecular flexibility index (Phi) is 71.9. The van der Waals surface area contributed by atoms with E-state index in [0.717, 1.165) is 57.8 Å². The van der Waals surface area contributed by atoms with Crippen LogP contribution in [0.2, 0.25) is 0 Å². The van der Waals surface area contributed by atoms with Gasteiger partial charge in [-0.2, -0.15) is 0 Å². The first-order valence-corrected chi connectivity index (χ1v) is 38.1. The Bertz CT molecular complexity index is 1470. The molecule has 2 atom stereocenters. The third-order valence-electron chi connectivity index (χ3n) is 17.5. The highest BCUT2D eigenvalue weighted by molar-refractivity contribution is 5.76. The molecule has 0 bridgehead atoms. The lowest BCUT2D eigenvalue weighted by Gasteiger charge is -2.20. The van der Waals surface area contributed by atoms with E-state index >= 15 is 0 Å². The van der Waals surface area contributed by atoms with E-state index in [9.17, 15) is 19.8 Å². The zero-order valence-electron chi connectivity index (χ0n) is 57.1. The van der Waals surface area contributed by atoms with Crippen molar-refractivity contribution in [3.63, 3.8) is 0 Å². The summed E-state index contributed by atoms with van der Waals surface area (Å²) < 4.78 is 5.51. The summed E-state index contributed by atoms with van der Waals surface area (Å²) in [7, 11) is 0. The molecule has 0 aliphatic carbocycles. The minimum Gasteiger partial charge on any atom is -0.466 e. The highest BCUT2D eigenvalue weighted by atomic mass is 16.5. The number of hydrogen-bond acceptors (Lipinski definition) is 5. The van der Waals surface area contributed by atoms with Crippen LogP contribution in [-0.4, -0.2) is 47.4 Å². The molecule has 1 amide bonds. The molecule has 6 heteroatoms. The van der Waals surface area contributed by atoms with Crippen LogP contribution in [0, 0.1) is 0 Å². The van der Waals surface area contributed by atoms with Gasteiger partial charge in [-0.1, -0.05) is 357 Å². The molecule has 0 heterocycles. The number of aliphatic hydroxyl groups excluding tert-OH is 2. The molecule has 0 aliphatic heterocycles. The van der Waals surface area contributed by atoms with E-state index in [1.165, 1.54) is 321 Å². The number of esters is 1. The monoisotopic (exact) mass is 1190 g/mol. The van der Waals surface area contributed by atoms with Crippen LogP contribution in [-0.2, 0) is 14.3 Å². The molecule has 0 rings (SSSR count). The number of aliphatic hydroxyl groups is 2. The number of rotatable bonds is 71. The summed E-state index contributed by atoms with van der Waals surface area (Å²) in [5.41, 5.74) is 0. The van der Waals surface area contributed by atoms with E-state index in [0.29, 0.717) is 19.4 Å². The second-order valence-corrected chi connectivity index (χ2v) is 26.0. The molecule has 498 valence electrons. The number of hydrogen-bond donors (Lipinski definition) is 3. The smallest absolute Gasteiger partial charge is 0.305 e. The van der Waals surface area contributed by atoms with Crippen molar-refractivity contribution in [1.82, 2.24) is 5.32 Å². The third kappa shape index (κ3) is 70.5. The van der Waals surface area contributed by atoms with Crippen molar-refractivity contribution in [3.8, 4) is 0 Å². The maximum atomic E-state index is 12.5. The second kappa shape index (κ2) is 74.0. The number of amides is 1. The molecule has 3 N–H and O–H groups in total. The van der Waals surface area contributed by atoms with Crippen LogP contribution in [0.3, 0.4) is 0 Å². The summed E-state index contributed by atoms with van der Waals surface area (Å²) in [6.45, 7) is 4.89. The molecule has 0 aromatic rings. The summed E-state index contributed by atoms with van der Waals surface area (Å²) in [5.74, 6) is -0.0500. The van der Waals surface area contributed by atoms with Crippen LogP contribution < -0.4 is 5.32 Å². The van der Waals surface area contributed by atoms with Gasteiger partial charge in [-0.25, -0.2) is 0 Å². The minimum absolute atomic E-state index is 0.0148. The first-order valence-electron chi connectivity index (χ1n) is 38.1. The number of nitrogens with one attached hydrogen (secondary N) is 1. The lowest BCUT2D eigenvalue weighted by molar-refractivity contribution is -0.143. The van der Waals surface area contributed by atoms with Crippen molar-refractivity contribution in [1.29, 1.82) is 0 Å². The topological polar surface area (TPSA) is 95.9 Å². The molecule has 0 saturated carbocycles. The molecule has 0 aromatic carbocycles. The molecule has 0 saturated heterocycles. The Hall–Kier alpha value is -2.44. The standard InChI is InChI=1S/C79H147NO5/c1-3-5-7-9-11-13-15-17-18-19-39-43-46-49-53-57-61-65-69-73-79(84)85-74-70-66-62-58-54-50-47-44-41-38-36-34-32-30-28-26-24-22-20-21-23-25-27-29-31-33-35-37-40-42-45-48-52-56-60-64-68-72-78(83)80-76(75-81)77(82)71-67-63-59-55-51-16-14-12-10-8-6-4-2/h11,13,17-18,20,22,26,28,67,71,76-77,81-82H,3-10,12,14-16,19,21,23-25,27,29-66,68-70,72-75H2,1-2H3,(H,80,83)/b13-11-,18-17-,22-20-,28-26-,71-67+. The number of unbranched alkanes of at least 4 members (excludes halogenated alkanes) is 52. The Balaban J connectivity index is 3.35. The van der Waals surface area contributed by atoms with Crippen molar-refractivity contribution >= 4 is 11.9 Å². The molecule has 2 unspecified atom stereocenters. The quantitative estimate of drug-likeness (QED) is 0.0320. The van der Waals surface area contributed by atoms with E-state index in [1.807, 2.05) is 6.08 Å². The Morgan fingerprint density at radius 1 is 0.329 bits per heavy atom. The van der Waals surface area contributed by atoms with Gasteiger partial charge in [0.2, 0.25) is 5.91 Å². The zero-order valence-corrected chi connectivity index (χ0v) is 57.1. The van der Waals surface area contributed by atoms with Crippen molar-refractivity contribution in [2.75, 3.05) is 13.2 Å². The largest absolute Gasteiger partial charge is 0.466 e. The SMILES string of the molecule is CCCCC/C=C\C/C=C\CCCCCCCCCCCC(=O)OCCCCCCCCCCCCCCC/C=C\C/C=C\CCCCCCCCCCCCCCCCCCCC(=O)NC(CO)C(O)/C=C/CCCCCCCCCCCC. The number of carbonyl (C=O) groups is 2. The van der Waals surface area contributed by atoms with Gasteiger partial charge >= 0.3 is 5.97 Å². The summed E-state index contributed by atoms with van der Waals surface area (Å²) in [6.07, 6.45) is 99.1. The Labute approximate surface area is 530 Å². The molecule has 0 radical (unpaired) electrons. The third-order valence-corrected chi connectivity index (χ3v) is 17.5. The van der Waals surface area contributed by atoms with Crippen LogP contribution >= 0.6 is 0 Å². The molecule has 6 nitrogen and oxygen atoms in total. The first-order chi connectivity index (χ1) is 42.0. The van der Waals surface area contributed by atoms with Crippen LogP contribution in [0.5, 0.6) is 0 Å². The fourth-order valence-electron chi connectivity index (χ4n) is 11.7. The van der Waals surface area contributed by atoms with Gasteiger partial charge < -0.3 is 20.3 Å². The summed E-state index contributed by atoms with van der Waals surface area (Å²) in [5, 5.41) is 23.1. The average molecular weight is 1190 g/mol. The maximum Gasteiger partial charge on any atom is 0.305 e. The van der Waals surface area contributed by atoms with Gasteiger partial charge in [0.1, 0.15) is 0 Å². The predicted octanol–water partition coefficient (Wildman–Crippen LogP) is 25.0. The van der Waals surface area contributed by atoms with E-state index in [2.05, 4.69) is 67.8 Å². The molecular weight excluding hydrogens is 1040 g/mol. The number of carbonyl (C=O) groups excluding carboxylic acids is 2. The minimum atomic E-state index is -0.842. The molecule has 85 heavy (non-hydrogen) atoms. The summed E-state index contributed by atoms with van der Waals surface area (Å²) in [6, 6.07) is -0.625. The first kappa shape index (κ1) is 82.6. The lowest BCUT2D eigenvalue weighted by atomic mass is 10.0. The van der Waals surface area contributed by atoms with Gasteiger partial charge in [-0.3, -0.25) is 9.59 Å². The summed E-state index contributed by atoms with van der Waals surface area (Å²) >= 11 is 0. The van der Waals surface area contributed by atoms with Crippen LogP contribution in [0.25, 0.3) is 0 Å². The number of ether oxygens (including phenoxy) is 1. The maximum absolute atomic E-state index is 12.5. The Morgan fingerprint density at radius 2 is 0.588 bits per heavy atom. The predicted molar refractivity (Wildman–Crippen MR) is 375 cm³/mol. The average Bonchev–Trinajstić information content (AvgIpc) is 3.52. The highest BCUT2D eigenvalue weighted by Gasteiger charge is 2.18. The van der Waals surface area contributed by atoms with Gasteiger partial charge in [-0.05, 0) is 96.3 Å². The molecule has 0 fully saturated rings. The van der Waals surface area contributed by atoms with E-state index in [-0.39, 0.29) is 18.5 Å². The summed E-state index contributed by atoms with van der Waals surface area (Å²) in [4.78, 5) is 24.6. The van der Waals surface area contributed by atoms with Crippen molar-refractivity contribution in [2.24, 2.45) is 0 Å². The Morgan fingerprint density at radius 3 is 0.918 bits per heavy atom. The van der Waals surface area contributed by atoms with Gasteiger partial charge in [0.15, 0.2) is 0 Å². The molecule has 0 aromatic heterocycles. The van der Waals surface area contributed by atoms with E-state index < -0.39 is 12.1 Å². The van der Waals surface area contributed by atoms with Gasteiger partial charge in [0, 0.05) is 12.8 Å². The van der Waals surface area contributed by atoms with Crippen molar-refractivity contribution in [2.45, 2.75) is 418 Å². The fourth-order valence-corrected chi connectivity index (χ4v) is 11.7. The lowest BCUT2D eigenvalue weighted by Crippen LogP contribution is -2.45.